The van der Waals surface area contributed by atoms with Crippen molar-refractivity contribution in [3.05, 3.63) is 54.5 Å². The molecule has 2 aromatic heterocycles. The summed E-state index contributed by atoms with van der Waals surface area (Å²) < 4.78 is 13.2. The third-order valence-corrected chi connectivity index (χ3v) is 4.42. The molecule has 142 valence electrons. The van der Waals surface area contributed by atoms with Crippen LogP contribution in [0.15, 0.2) is 48.8 Å². The van der Waals surface area contributed by atoms with Crippen molar-refractivity contribution in [1.29, 1.82) is 0 Å². The van der Waals surface area contributed by atoms with Crippen LogP contribution < -0.4 is 20.5 Å². The molecule has 2 unspecified atom stereocenters. The van der Waals surface area contributed by atoms with Gasteiger partial charge in [-0.15, -0.1) is 0 Å². The zero-order chi connectivity index (χ0) is 19.4. The number of hydrogen-bond acceptors (Lipinski definition) is 5. The van der Waals surface area contributed by atoms with Gasteiger partial charge in [-0.2, -0.15) is 0 Å². The summed E-state index contributed by atoms with van der Waals surface area (Å²) in [7, 11) is 1.57. The Kier molecular flexibility index (Phi) is 5.61. The maximum absolute atomic E-state index is 12.2. The molecule has 27 heavy (non-hydrogen) atoms. The van der Waals surface area contributed by atoms with Gasteiger partial charge >= 0.3 is 0 Å². The molecule has 3 aromatic rings. The Bertz CT molecular complexity index is 903. The zero-order valence-electron chi connectivity index (χ0n) is 15.7. The second-order valence-electron chi connectivity index (χ2n) is 6.49. The highest BCUT2D eigenvalue weighted by Gasteiger charge is 2.18. The molecule has 7 nitrogen and oxygen atoms in total. The standard InChI is InChI=1S/C20H24N4O3/c1-13(14(2)21)20(25)23-15-7-8-17(26-3)18(10-15)27-12-16-11-24-9-5-4-6-19(24)22-16/h4-11,13-14H,12,21H2,1-3H3,(H,23,25). The highest BCUT2D eigenvalue weighted by Crippen LogP contribution is 2.31. The fourth-order valence-corrected chi connectivity index (χ4v) is 2.57. The highest BCUT2D eigenvalue weighted by atomic mass is 16.5. The van der Waals surface area contributed by atoms with E-state index < -0.39 is 0 Å². The molecule has 0 saturated carbocycles. The van der Waals surface area contributed by atoms with E-state index in [1.807, 2.05) is 41.9 Å². The molecule has 0 bridgehead atoms. The number of pyridine rings is 1. The first-order valence-electron chi connectivity index (χ1n) is 8.78. The Labute approximate surface area is 158 Å². The molecule has 3 N–H and O–H groups in total. The van der Waals surface area contributed by atoms with Crippen molar-refractivity contribution >= 4 is 17.2 Å². The number of imidazole rings is 1. The number of carbonyl (C=O) groups is 1. The first-order chi connectivity index (χ1) is 13.0. The second kappa shape index (κ2) is 8.09. The average molecular weight is 368 g/mol. The first-order valence-corrected chi connectivity index (χ1v) is 8.78. The molecule has 0 aliphatic carbocycles. The lowest BCUT2D eigenvalue weighted by molar-refractivity contribution is -0.119. The Morgan fingerprint density at radius 3 is 2.78 bits per heavy atom. The Morgan fingerprint density at radius 2 is 2.07 bits per heavy atom. The van der Waals surface area contributed by atoms with Crippen LogP contribution in [0.4, 0.5) is 5.69 Å². The third-order valence-electron chi connectivity index (χ3n) is 4.42. The topological polar surface area (TPSA) is 90.9 Å². The van der Waals surface area contributed by atoms with Gasteiger partial charge in [0.1, 0.15) is 12.3 Å². The summed E-state index contributed by atoms with van der Waals surface area (Å²) in [6.45, 7) is 3.89. The minimum Gasteiger partial charge on any atom is -0.493 e. The lowest BCUT2D eigenvalue weighted by Crippen LogP contribution is -2.34. The number of aromatic nitrogens is 2. The summed E-state index contributed by atoms with van der Waals surface area (Å²) in [5.74, 6) is 0.675. The lowest BCUT2D eigenvalue weighted by Gasteiger charge is -2.16. The number of anilines is 1. The molecule has 0 aliphatic rings. The van der Waals surface area contributed by atoms with Crippen LogP contribution in [0.3, 0.4) is 0 Å². The van der Waals surface area contributed by atoms with Gasteiger partial charge in [0.15, 0.2) is 11.5 Å². The van der Waals surface area contributed by atoms with E-state index in [9.17, 15) is 4.79 Å². The number of carbonyl (C=O) groups excluding carboxylic acids is 1. The van der Waals surface area contributed by atoms with Crippen LogP contribution in [0.25, 0.3) is 5.65 Å². The number of amides is 1. The van der Waals surface area contributed by atoms with Crippen molar-refractivity contribution in [3.8, 4) is 11.5 Å². The molecule has 0 fully saturated rings. The van der Waals surface area contributed by atoms with Crippen LogP contribution in [-0.4, -0.2) is 28.4 Å². The van der Waals surface area contributed by atoms with Crippen LogP contribution in [0, 0.1) is 5.92 Å². The van der Waals surface area contributed by atoms with Gasteiger partial charge in [-0.1, -0.05) is 13.0 Å². The minimum absolute atomic E-state index is 0.138. The average Bonchev–Trinajstić information content (AvgIpc) is 3.08. The smallest absolute Gasteiger partial charge is 0.228 e. The first kappa shape index (κ1) is 18.7. The second-order valence-corrected chi connectivity index (χ2v) is 6.49. The van der Waals surface area contributed by atoms with E-state index >= 15 is 0 Å². The largest absolute Gasteiger partial charge is 0.493 e. The Morgan fingerprint density at radius 1 is 1.26 bits per heavy atom. The van der Waals surface area contributed by atoms with Gasteiger partial charge in [0.25, 0.3) is 0 Å². The fraction of sp³-hybridized carbons (Fsp3) is 0.300. The summed E-state index contributed by atoms with van der Waals surface area (Å²) in [5.41, 5.74) is 8.07. The number of ether oxygens (including phenoxy) is 2. The lowest BCUT2D eigenvalue weighted by atomic mass is 10.0. The van der Waals surface area contributed by atoms with Gasteiger partial charge in [-0.25, -0.2) is 4.98 Å². The van der Waals surface area contributed by atoms with Gasteiger partial charge < -0.3 is 24.9 Å². The van der Waals surface area contributed by atoms with Crippen molar-refractivity contribution in [2.45, 2.75) is 26.5 Å². The predicted molar refractivity (Wildman–Crippen MR) is 104 cm³/mol. The van der Waals surface area contributed by atoms with Crippen molar-refractivity contribution in [2.24, 2.45) is 11.7 Å². The third kappa shape index (κ3) is 4.38. The number of fused-ring (bicyclic) bond motifs is 1. The number of benzene rings is 1. The van der Waals surface area contributed by atoms with Gasteiger partial charge in [0.05, 0.1) is 18.7 Å². The van der Waals surface area contributed by atoms with E-state index in [2.05, 4.69) is 10.3 Å². The van der Waals surface area contributed by atoms with E-state index in [0.717, 1.165) is 11.3 Å². The van der Waals surface area contributed by atoms with Crippen molar-refractivity contribution in [2.75, 3.05) is 12.4 Å². The summed E-state index contributed by atoms with van der Waals surface area (Å²) in [6, 6.07) is 10.8. The number of nitrogens with two attached hydrogens (primary N) is 1. The van der Waals surface area contributed by atoms with E-state index in [0.29, 0.717) is 17.2 Å². The minimum atomic E-state index is -0.297. The van der Waals surface area contributed by atoms with E-state index in [1.54, 1.807) is 32.2 Å². The highest BCUT2D eigenvalue weighted by molar-refractivity contribution is 5.93. The molecule has 1 aromatic carbocycles. The SMILES string of the molecule is COc1ccc(NC(=O)C(C)C(C)N)cc1OCc1cn2ccccc2n1. The normalized spacial score (nSPS) is 13.2. The maximum atomic E-state index is 12.2. The van der Waals surface area contributed by atoms with Crippen molar-refractivity contribution < 1.29 is 14.3 Å². The van der Waals surface area contributed by atoms with E-state index in [-0.39, 0.29) is 24.5 Å². The summed E-state index contributed by atoms with van der Waals surface area (Å²) >= 11 is 0. The van der Waals surface area contributed by atoms with Gasteiger partial charge in [-0.3, -0.25) is 4.79 Å². The van der Waals surface area contributed by atoms with Crippen LogP contribution in [0.5, 0.6) is 11.5 Å². The van der Waals surface area contributed by atoms with Gasteiger partial charge in [-0.05, 0) is 31.2 Å². The summed E-state index contributed by atoms with van der Waals surface area (Å²) in [4.78, 5) is 16.7. The summed E-state index contributed by atoms with van der Waals surface area (Å²) in [5, 5.41) is 2.86. The van der Waals surface area contributed by atoms with Crippen molar-refractivity contribution in [1.82, 2.24) is 9.38 Å². The molecule has 0 spiro atoms. The quantitative estimate of drug-likeness (QED) is 0.669. The molecule has 7 heteroatoms. The van der Waals surface area contributed by atoms with Crippen LogP contribution in [-0.2, 0) is 11.4 Å². The number of rotatable bonds is 7. The van der Waals surface area contributed by atoms with Gasteiger partial charge in [0, 0.05) is 30.2 Å². The molecular formula is C20H24N4O3. The molecule has 2 heterocycles. The zero-order valence-corrected chi connectivity index (χ0v) is 15.7. The van der Waals surface area contributed by atoms with Crippen LogP contribution >= 0.6 is 0 Å². The van der Waals surface area contributed by atoms with E-state index in [1.165, 1.54) is 0 Å². The van der Waals surface area contributed by atoms with E-state index in [4.69, 9.17) is 15.2 Å². The summed E-state index contributed by atoms with van der Waals surface area (Å²) in [6.07, 6.45) is 3.85. The van der Waals surface area contributed by atoms with Crippen LogP contribution in [0.2, 0.25) is 0 Å². The molecule has 3 rings (SSSR count). The predicted octanol–water partition coefficient (Wildman–Crippen LogP) is 2.84. The molecular weight excluding hydrogens is 344 g/mol. The number of hydrogen-bond donors (Lipinski definition) is 2. The fourth-order valence-electron chi connectivity index (χ4n) is 2.57. The molecule has 2 atom stereocenters. The molecule has 1 amide bonds. The maximum Gasteiger partial charge on any atom is 0.228 e. The monoisotopic (exact) mass is 368 g/mol. The Balaban J connectivity index is 1.74. The number of nitrogens with zero attached hydrogens (tertiary/aromatic N) is 2. The molecule has 0 aliphatic heterocycles. The van der Waals surface area contributed by atoms with Crippen LogP contribution in [0.1, 0.15) is 19.5 Å². The number of nitrogens with one attached hydrogen (secondary N) is 1. The Hall–Kier alpha value is -3.06. The molecule has 0 radical (unpaired) electrons. The van der Waals surface area contributed by atoms with Crippen molar-refractivity contribution in [3.63, 3.8) is 0 Å². The number of methoxy groups -OCH3 is 1. The van der Waals surface area contributed by atoms with Gasteiger partial charge in [0.2, 0.25) is 5.91 Å². The molecule has 0 saturated heterocycles.